The van der Waals surface area contributed by atoms with Crippen molar-refractivity contribution in [2.75, 3.05) is 5.75 Å². The van der Waals surface area contributed by atoms with Gasteiger partial charge in [-0.05, 0) is 25.8 Å². The summed E-state index contributed by atoms with van der Waals surface area (Å²) in [5, 5.41) is 17.6. The third-order valence-electron chi connectivity index (χ3n) is 2.76. The Morgan fingerprint density at radius 2 is 1.79 bits per heavy atom. The van der Waals surface area contributed by atoms with Crippen LogP contribution < -0.4 is 0 Å². The number of thioether (sulfide) groups is 1. The molecule has 1 aromatic rings. The average Bonchev–Trinajstić information content (AvgIpc) is 2.35. The molecular formula is C14H18O4S. The molecule has 1 rings (SSSR count). The lowest BCUT2D eigenvalue weighted by molar-refractivity contribution is -0.145. The van der Waals surface area contributed by atoms with E-state index in [2.05, 4.69) is 0 Å². The summed E-state index contributed by atoms with van der Waals surface area (Å²) in [6.45, 7) is 3.20. The van der Waals surface area contributed by atoms with Gasteiger partial charge in [-0.15, -0.1) is 11.8 Å². The molecule has 0 radical (unpaired) electrons. The number of rotatable bonds is 7. The fourth-order valence-electron chi connectivity index (χ4n) is 1.42. The van der Waals surface area contributed by atoms with E-state index in [1.54, 1.807) is 13.8 Å². The molecule has 0 spiro atoms. The predicted octanol–water partition coefficient (Wildman–Crippen LogP) is 2.53. The molecule has 0 saturated carbocycles. The highest BCUT2D eigenvalue weighted by atomic mass is 32.2. The van der Waals surface area contributed by atoms with E-state index >= 15 is 0 Å². The summed E-state index contributed by atoms with van der Waals surface area (Å²) < 4.78 is 0. The van der Waals surface area contributed by atoms with Gasteiger partial charge in [0, 0.05) is 5.75 Å². The average molecular weight is 282 g/mol. The Morgan fingerprint density at radius 3 is 2.26 bits per heavy atom. The quantitative estimate of drug-likeness (QED) is 0.804. The van der Waals surface area contributed by atoms with Gasteiger partial charge in [-0.3, -0.25) is 9.59 Å². The van der Waals surface area contributed by atoms with Gasteiger partial charge in [0.1, 0.15) is 5.25 Å². The van der Waals surface area contributed by atoms with Gasteiger partial charge in [-0.1, -0.05) is 30.3 Å². The van der Waals surface area contributed by atoms with Crippen molar-refractivity contribution in [3.8, 4) is 0 Å². The van der Waals surface area contributed by atoms with Crippen molar-refractivity contribution in [2.24, 2.45) is 5.41 Å². The normalized spacial score (nSPS) is 12.9. The fourth-order valence-corrected chi connectivity index (χ4v) is 2.61. The minimum atomic E-state index is -0.922. The first-order valence-electron chi connectivity index (χ1n) is 5.94. The predicted molar refractivity (Wildman–Crippen MR) is 75.4 cm³/mol. The van der Waals surface area contributed by atoms with Crippen LogP contribution in [0.3, 0.4) is 0 Å². The lowest BCUT2D eigenvalue weighted by Gasteiger charge is -2.21. The first kappa shape index (κ1) is 15.6. The number of carboxylic acid groups (broad SMARTS) is 2. The van der Waals surface area contributed by atoms with E-state index in [-0.39, 0.29) is 5.75 Å². The molecule has 0 heterocycles. The molecule has 1 unspecified atom stereocenters. The lowest BCUT2D eigenvalue weighted by Crippen LogP contribution is -2.29. The van der Waals surface area contributed by atoms with Crippen molar-refractivity contribution in [1.29, 1.82) is 0 Å². The molecule has 4 nitrogen and oxygen atoms in total. The van der Waals surface area contributed by atoms with Crippen molar-refractivity contribution >= 4 is 23.7 Å². The Labute approximate surface area is 116 Å². The molecule has 2 N–H and O–H groups in total. The summed E-state index contributed by atoms with van der Waals surface area (Å²) in [4.78, 5) is 22.2. The largest absolute Gasteiger partial charge is 0.481 e. The summed E-state index contributed by atoms with van der Waals surface area (Å²) >= 11 is 1.18. The maximum absolute atomic E-state index is 11.2. The number of benzene rings is 1. The number of hydrogen-bond donors (Lipinski definition) is 2. The van der Waals surface area contributed by atoms with Gasteiger partial charge in [0.25, 0.3) is 0 Å². The summed E-state index contributed by atoms with van der Waals surface area (Å²) in [6, 6.07) is 9.35. The third-order valence-corrected chi connectivity index (χ3v) is 4.42. The minimum Gasteiger partial charge on any atom is -0.481 e. The SMILES string of the molecule is CC(C)(CSC(Cc1ccccc1)C(=O)O)C(=O)O. The molecule has 5 heteroatoms. The van der Waals surface area contributed by atoms with Crippen LogP contribution in [0.5, 0.6) is 0 Å². The van der Waals surface area contributed by atoms with E-state index in [0.29, 0.717) is 6.42 Å². The third kappa shape index (κ3) is 4.95. The van der Waals surface area contributed by atoms with Gasteiger partial charge >= 0.3 is 11.9 Å². The highest BCUT2D eigenvalue weighted by Gasteiger charge is 2.30. The molecule has 0 saturated heterocycles. The molecular weight excluding hydrogens is 264 g/mol. The van der Waals surface area contributed by atoms with E-state index < -0.39 is 22.6 Å². The van der Waals surface area contributed by atoms with Crippen molar-refractivity contribution in [3.63, 3.8) is 0 Å². The van der Waals surface area contributed by atoms with Gasteiger partial charge in [0.05, 0.1) is 5.41 Å². The Bertz CT molecular complexity index is 442. The monoisotopic (exact) mass is 282 g/mol. The number of hydrogen-bond acceptors (Lipinski definition) is 3. The Morgan fingerprint density at radius 1 is 1.21 bits per heavy atom. The van der Waals surface area contributed by atoms with E-state index in [9.17, 15) is 14.7 Å². The summed E-state index contributed by atoms with van der Waals surface area (Å²) in [6.07, 6.45) is 0.399. The van der Waals surface area contributed by atoms with Crippen LogP contribution in [0.4, 0.5) is 0 Å². The number of carboxylic acids is 2. The van der Waals surface area contributed by atoms with E-state index in [1.807, 2.05) is 30.3 Å². The number of carbonyl (C=O) groups is 2. The molecule has 0 fully saturated rings. The summed E-state index contributed by atoms with van der Waals surface area (Å²) in [7, 11) is 0. The van der Waals surface area contributed by atoms with E-state index in [4.69, 9.17) is 5.11 Å². The fraction of sp³-hybridized carbons (Fsp3) is 0.429. The molecule has 19 heavy (non-hydrogen) atoms. The Hall–Kier alpha value is -1.49. The second-order valence-corrected chi connectivity index (χ2v) is 6.21. The van der Waals surface area contributed by atoms with Gasteiger partial charge in [0.2, 0.25) is 0 Å². The lowest BCUT2D eigenvalue weighted by atomic mass is 9.97. The van der Waals surface area contributed by atoms with Gasteiger partial charge < -0.3 is 10.2 Å². The highest BCUT2D eigenvalue weighted by molar-refractivity contribution is 8.00. The molecule has 0 aliphatic carbocycles. The van der Waals surface area contributed by atoms with Crippen LogP contribution in [0.15, 0.2) is 30.3 Å². The van der Waals surface area contributed by atoms with Crippen LogP contribution in [0.25, 0.3) is 0 Å². The highest BCUT2D eigenvalue weighted by Crippen LogP contribution is 2.27. The van der Waals surface area contributed by atoms with Gasteiger partial charge in [-0.25, -0.2) is 0 Å². The smallest absolute Gasteiger partial charge is 0.316 e. The zero-order chi connectivity index (χ0) is 14.5. The van der Waals surface area contributed by atoms with E-state index in [0.717, 1.165) is 5.56 Å². The maximum Gasteiger partial charge on any atom is 0.316 e. The second kappa shape index (κ2) is 6.61. The molecule has 0 bridgehead atoms. The second-order valence-electron chi connectivity index (χ2n) is 5.02. The molecule has 0 aromatic heterocycles. The van der Waals surface area contributed by atoms with Gasteiger partial charge in [0.15, 0.2) is 0 Å². The first-order chi connectivity index (χ1) is 8.83. The maximum atomic E-state index is 11.2. The van der Waals surface area contributed by atoms with Crippen LogP contribution in [0.2, 0.25) is 0 Å². The van der Waals surface area contributed by atoms with Crippen LogP contribution in [0.1, 0.15) is 19.4 Å². The van der Waals surface area contributed by atoms with Crippen LogP contribution in [0, 0.1) is 5.41 Å². The first-order valence-corrected chi connectivity index (χ1v) is 6.99. The minimum absolute atomic E-state index is 0.270. The molecule has 1 aromatic carbocycles. The molecule has 0 aliphatic rings. The molecule has 0 amide bonds. The van der Waals surface area contributed by atoms with Crippen molar-refractivity contribution in [1.82, 2.24) is 0 Å². The standard InChI is InChI=1S/C14H18O4S/c1-14(2,13(17)18)9-19-11(12(15)16)8-10-6-4-3-5-7-10/h3-7,11H,8-9H2,1-2H3,(H,15,16)(H,17,18). The Kier molecular flexibility index (Phi) is 5.42. The summed E-state index contributed by atoms with van der Waals surface area (Å²) in [5.74, 6) is -1.55. The summed E-state index contributed by atoms with van der Waals surface area (Å²) in [5.41, 5.74) is 0.0187. The topological polar surface area (TPSA) is 74.6 Å². The van der Waals surface area contributed by atoms with Crippen molar-refractivity contribution in [3.05, 3.63) is 35.9 Å². The van der Waals surface area contributed by atoms with Crippen LogP contribution >= 0.6 is 11.8 Å². The van der Waals surface area contributed by atoms with Crippen molar-refractivity contribution < 1.29 is 19.8 Å². The molecule has 1 atom stereocenters. The Balaban J connectivity index is 2.65. The van der Waals surface area contributed by atoms with Crippen LogP contribution in [-0.2, 0) is 16.0 Å². The molecule has 104 valence electrons. The van der Waals surface area contributed by atoms with Crippen LogP contribution in [-0.4, -0.2) is 33.2 Å². The number of aliphatic carboxylic acids is 2. The van der Waals surface area contributed by atoms with E-state index in [1.165, 1.54) is 11.8 Å². The van der Waals surface area contributed by atoms with Crippen molar-refractivity contribution in [2.45, 2.75) is 25.5 Å². The zero-order valence-electron chi connectivity index (χ0n) is 11.0. The molecule has 0 aliphatic heterocycles. The van der Waals surface area contributed by atoms with Gasteiger partial charge in [-0.2, -0.15) is 0 Å². The zero-order valence-corrected chi connectivity index (χ0v) is 11.8.